The van der Waals surface area contributed by atoms with Gasteiger partial charge in [0.2, 0.25) is 0 Å². The van der Waals surface area contributed by atoms with Crippen LogP contribution >= 0.6 is 0 Å². The summed E-state index contributed by atoms with van der Waals surface area (Å²) >= 11 is 0. The van der Waals surface area contributed by atoms with Crippen LogP contribution in [0.4, 0.5) is 0 Å². The van der Waals surface area contributed by atoms with Crippen molar-refractivity contribution in [3.63, 3.8) is 0 Å². The van der Waals surface area contributed by atoms with E-state index in [0.29, 0.717) is 11.3 Å². The fraction of sp³-hybridized carbons (Fsp3) is 0.273. The van der Waals surface area contributed by atoms with Crippen LogP contribution in [0.2, 0.25) is 0 Å². The van der Waals surface area contributed by atoms with Gasteiger partial charge in [-0.3, -0.25) is 9.59 Å². The Morgan fingerprint density at radius 3 is 2.44 bits per heavy atom. The predicted octanol–water partition coefficient (Wildman–Crippen LogP) is 1.34. The zero-order valence-electron chi connectivity index (χ0n) is 8.71. The molecule has 0 aromatic heterocycles. The van der Waals surface area contributed by atoms with E-state index in [0.717, 1.165) is 0 Å². The number of benzene rings is 1. The van der Waals surface area contributed by atoms with Gasteiger partial charge in [0.15, 0.2) is 0 Å². The Kier molecular flexibility index (Phi) is 3.88. The zero-order valence-corrected chi connectivity index (χ0v) is 8.71. The lowest BCUT2D eigenvalue weighted by Crippen LogP contribution is -2.16. The molecule has 0 saturated heterocycles. The van der Waals surface area contributed by atoms with Crippen molar-refractivity contribution in [2.75, 3.05) is 7.11 Å². The molecule has 0 fully saturated rings. The molecule has 0 aliphatic carbocycles. The Hall–Kier alpha value is -2.04. The number of hydrogen-bond donors (Lipinski definition) is 2. The highest BCUT2D eigenvalue weighted by atomic mass is 16.5. The van der Waals surface area contributed by atoms with Gasteiger partial charge in [-0.15, -0.1) is 0 Å². The fourth-order valence-electron chi connectivity index (χ4n) is 1.46. The smallest absolute Gasteiger partial charge is 0.311 e. The number of carboxylic acids is 2. The molecule has 1 aromatic carbocycles. The number of hydrogen-bond acceptors (Lipinski definition) is 3. The molecule has 0 unspecified atom stereocenters. The molecule has 5 nitrogen and oxygen atoms in total. The molecule has 5 heteroatoms. The van der Waals surface area contributed by atoms with Crippen LogP contribution in [0, 0.1) is 0 Å². The maximum atomic E-state index is 11.0. The monoisotopic (exact) mass is 224 g/mol. The van der Waals surface area contributed by atoms with Gasteiger partial charge in [-0.1, -0.05) is 18.2 Å². The third kappa shape index (κ3) is 2.73. The average Bonchev–Trinajstić information content (AvgIpc) is 2.25. The van der Waals surface area contributed by atoms with Gasteiger partial charge < -0.3 is 14.9 Å². The molecule has 1 aromatic rings. The minimum Gasteiger partial charge on any atom is -0.496 e. The minimum absolute atomic E-state index is 0.375. The van der Waals surface area contributed by atoms with Gasteiger partial charge in [0.05, 0.1) is 19.4 Å². The molecule has 0 aliphatic rings. The predicted molar refractivity (Wildman–Crippen MR) is 55.6 cm³/mol. The van der Waals surface area contributed by atoms with Gasteiger partial charge in [0, 0.05) is 5.56 Å². The second-order valence-electron chi connectivity index (χ2n) is 3.23. The summed E-state index contributed by atoms with van der Waals surface area (Å²) in [7, 11) is 1.42. The Morgan fingerprint density at radius 2 is 1.94 bits per heavy atom. The molecular weight excluding hydrogens is 212 g/mol. The third-order valence-electron chi connectivity index (χ3n) is 2.19. The van der Waals surface area contributed by atoms with Gasteiger partial charge in [-0.2, -0.15) is 0 Å². The van der Waals surface area contributed by atoms with E-state index in [-0.39, 0.29) is 0 Å². The van der Waals surface area contributed by atoms with Crippen LogP contribution in [0.5, 0.6) is 5.75 Å². The summed E-state index contributed by atoms with van der Waals surface area (Å²) < 4.78 is 5.00. The molecule has 0 saturated carbocycles. The number of ether oxygens (including phenoxy) is 1. The Morgan fingerprint density at radius 1 is 1.31 bits per heavy atom. The number of carbonyl (C=O) groups is 2. The van der Waals surface area contributed by atoms with Crippen LogP contribution in [0.25, 0.3) is 0 Å². The van der Waals surface area contributed by atoms with Crippen LogP contribution in [0.1, 0.15) is 17.9 Å². The van der Waals surface area contributed by atoms with Crippen LogP contribution in [0.15, 0.2) is 24.3 Å². The first-order valence-electron chi connectivity index (χ1n) is 4.63. The van der Waals surface area contributed by atoms with Crippen molar-refractivity contribution in [3.8, 4) is 5.75 Å². The fourth-order valence-corrected chi connectivity index (χ4v) is 1.46. The first-order chi connectivity index (χ1) is 7.56. The Balaban J connectivity index is 3.10. The summed E-state index contributed by atoms with van der Waals surface area (Å²) in [5.74, 6) is -3.03. The van der Waals surface area contributed by atoms with Crippen molar-refractivity contribution >= 4 is 11.9 Å². The normalized spacial score (nSPS) is 11.8. The van der Waals surface area contributed by atoms with Gasteiger partial charge in [0.25, 0.3) is 0 Å². The lowest BCUT2D eigenvalue weighted by molar-refractivity contribution is -0.145. The first kappa shape index (κ1) is 12.0. The number of aliphatic carboxylic acids is 2. The average molecular weight is 224 g/mol. The molecule has 0 aliphatic heterocycles. The molecule has 1 atom stereocenters. The summed E-state index contributed by atoms with van der Waals surface area (Å²) in [5.41, 5.74) is 0.375. The van der Waals surface area contributed by atoms with Crippen LogP contribution in [-0.2, 0) is 9.59 Å². The summed E-state index contributed by atoms with van der Waals surface area (Å²) in [6.07, 6.45) is -0.463. The van der Waals surface area contributed by atoms with Crippen molar-refractivity contribution in [2.45, 2.75) is 12.3 Å². The summed E-state index contributed by atoms with van der Waals surface area (Å²) in [5, 5.41) is 17.6. The summed E-state index contributed by atoms with van der Waals surface area (Å²) in [6.45, 7) is 0. The van der Waals surface area contributed by atoms with Gasteiger partial charge in [-0.25, -0.2) is 0 Å². The molecule has 2 N–H and O–H groups in total. The second kappa shape index (κ2) is 5.16. The molecule has 1 rings (SSSR count). The zero-order chi connectivity index (χ0) is 12.1. The molecular formula is C11H12O5. The van der Waals surface area contributed by atoms with E-state index >= 15 is 0 Å². The van der Waals surface area contributed by atoms with Crippen molar-refractivity contribution in [3.05, 3.63) is 29.8 Å². The molecule has 86 valence electrons. The third-order valence-corrected chi connectivity index (χ3v) is 2.19. The number of carboxylic acid groups (broad SMARTS) is 2. The number of para-hydroxylation sites is 1. The van der Waals surface area contributed by atoms with Gasteiger partial charge in [0.1, 0.15) is 5.75 Å². The van der Waals surface area contributed by atoms with Crippen molar-refractivity contribution in [2.24, 2.45) is 0 Å². The highest BCUT2D eigenvalue weighted by molar-refractivity contribution is 5.83. The van der Waals surface area contributed by atoms with E-state index in [1.807, 2.05) is 0 Å². The van der Waals surface area contributed by atoms with Crippen LogP contribution in [0.3, 0.4) is 0 Å². The van der Waals surface area contributed by atoms with Crippen LogP contribution < -0.4 is 4.74 Å². The molecule has 16 heavy (non-hydrogen) atoms. The van der Waals surface area contributed by atoms with Gasteiger partial charge >= 0.3 is 11.9 Å². The standard InChI is InChI=1S/C11H12O5/c1-16-9-5-3-2-4-7(9)8(11(14)15)6-10(12)13/h2-5,8H,6H2,1H3,(H,12,13)(H,14,15)/t8-/m1/s1. The van der Waals surface area contributed by atoms with E-state index in [2.05, 4.69) is 0 Å². The van der Waals surface area contributed by atoms with Crippen LogP contribution in [-0.4, -0.2) is 29.3 Å². The lowest BCUT2D eigenvalue weighted by atomic mass is 9.95. The highest BCUT2D eigenvalue weighted by Gasteiger charge is 2.25. The SMILES string of the molecule is COc1ccccc1[C@@H](CC(=O)O)C(=O)O. The van der Waals surface area contributed by atoms with E-state index in [9.17, 15) is 9.59 Å². The van der Waals surface area contributed by atoms with Crippen molar-refractivity contribution in [1.29, 1.82) is 0 Å². The maximum absolute atomic E-state index is 11.0. The Labute approximate surface area is 92.3 Å². The number of methoxy groups -OCH3 is 1. The summed E-state index contributed by atoms with van der Waals surface area (Å²) in [6, 6.07) is 6.51. The van der Waals surface area contributed by atoms with E-state index in [4.69, 9.17) is 14.9 Å². The van der Waals surface area contributed by atoms with E-state index in [1.165, 1.54) is 7.11 Å². The minimum atomic E-state index is -1.17. The number of rotatable bonds is 5. The molecule has 0 spiro atoms. The first-order valence-corrected chi connectivity index (χ1v) is 4.63. The maximum Gasteiger partial charge on any atom is 0.311 e. The van der Waals surface area contributed by atoms with Crippen molar-refractivity contribution < 1.29 is 24.5 Å². The highest BCUT2D eigenvalue weighted by Crippen LogP contribution is 2.28. The molecule has 0 amide bonds. The van der Waals surface area contributed by atoms with E-state index < -0.39 is 24.3 Å². The lowest BCUT2D eigenvalue weighted by Gasteiger charge is -2.13. The van der Waals surface area contributed by atoms with Gasteiger partial charge in [-0.05, 0) is 6.07 Å². The Bertz CT molecular complexity index is 399. The molecule has 0 heterocycles. The molecule has 0 bridgehead atoms. The topological polar surface area (TPSA) is 83.8 Å². The molecule has 0 radical (unpaired) electrons. The summed E-state index contributed by atoms with van der Waals surface area (Å²) in [4.78, 5) is 21.6. The van der Waals surface area contributed by atoms with Crippen molar-refractivity contribution in [1.82, 2.24) is 0 Å². The largest absolute Gasteiger partial charge is 0.496 e. The van der Waals surface area contributed by atoms with E-state index in [1.54, 1.807) is 24.3 Å². The quantitative estimate of drug-likeness (QED) is 0.788. The second-order valence-corrected chi connectivity index (χ2v) is 3.23.